The molecule has 3 N–H and O–H groups in total. The normalized spacial score (nSPS) is 10.6. The molecule has 1 heterocycles. The summed E-state index contributed by atoms with van der Waals surface area (Å²) in [5.74, 6) is 0.127. The third-order valence-electron chi connectivity index (χ3n) is 3.38. The van der Waals surface area contributed by atoms with Crippen molar-refractivity contribution < 1.29 is 14.6 Å². The number of H-pyrrole nitrogens is 1. The van der Waals surface area contributed by atoms with E-state index in [1.54, 1.807) is 18.2 Å². The number of benzene rings is 2. The number of hydrogen-bond donors (Lipinski definition) is 3. The number of nitrogens with one attached hydrogen (secondary N) is 2. The molecular weight excluding hydrogens is 294 g/mol. The second kappa shape index (κ2) is 6.83. The molecule has 0 radical (unpaired) electrons. The minimum atomic E-state index is -0.985. The highest BCUT2D eigenvalue weighted by Gasteiger charge is 2.09. The van der Waals surface area contributed by atoms with Crippen LogP contribution in [0.3, 0.4) is 0 Å². The number of para-hydroxylation sites is 3. The average molecular weight is 311 g/mol. The molecule has 0 atom stereocenters. The minimum absolute atomic E-state index is 0.178. The van der Waals surface area contributed by atoms with E-state index in [-0.39, 0.29) is 5.56 Å². The van der Waals surface area contributed by atoms with Gasteiger partial charge >= 0.3 is 5.97 Å². The number of fused-ring (bicyclic) bond motifs is 1. The molecule has 6 heteroatoms. The zero-order chi connectivity index (χ0) is 16.1. The highest BCUT2D eigenvalue weighted by molar-refractivity contribution is 5.90. The number of aromatic amines is 1. The van der Waals surface area contributed by atoms with E-state index in [1.807, 2.05) is 24.3 Å². The molecule has 0 fully saturated rings. The summed E-state index contributed by atoms with van der Waals surface area (Å²) < 4.78 is 5.54. The Labute approximate surface area is 133 Å². The summed E-state index contributed by atoms with van der Waals surface area (Å²) in [6.45, 7) is 1.10. The van der Waals surface area contributed by atoms with Crippen molar-refractivity contribution in [1.29, 1.82) is 0 Å². The van der Waals surface area contributed by atoms with Gasteiger partial charge in [-0.3, -0.25) is 0 Å². The van der Waals surface area contributed by atoms with Gasteiger partial charge in [0, 0.05) is 6.54 Å². The second-order valence-electron chi connectivity index (χ2n) is 5.03. The fourth-order valence-corrected chi connectivity index (χ4v) is 2.27. The summed E-state index contributed by atoms with van der Waals surface area (Å²) in [6, 6.07) is 14.5. The summed E-state index contributed by atoms with van der Waals surface area (Å²) in [5, 5.41) is 12.3. The van der Waals surface area contributed by atoms with Gasteiger partial charge < -0.3 is 20.1 Å². The number of carboxylic acids is 1. The van der Waals surface area contributed by atoms with Crippen LogP contribution in [0.5, 0.6) is 5.75 Å². The number of hydrogen-bond acceptors (Lipinski definition) is 4. The van der Waals surface area contributed by atoms with Gasteiger partial charge in [0.15, 0.2) is 0 Å². The maximum atomic E-state index is 11.1. The predicted octanol–water partition coefficient (Wildman–Crippen LogP) is 3.14. The van der Waals surface area contributed by atoms with Crippen molar-refractivity contribution in [2.45, 2.75) is 6.42 Å². The smallest absolute Gasteiger partial charge is 0.339 e. The van der Waals surface area contributed by atoms with E-state index in [9.17, 15) is 4.79 Å². The zero-order valence-electron chi connectivity index (χ0n) is 12.5. The van der Waals surface area contributed by atoms with Crippen molar-refractivity contribution in [3.63, 3.8) is 0 Å². The Morgan fingerprint density at radius 1 is 1.17 bits per heavy atom. The molecule has 0 bridgehead atoms. The van der Waals surface area contributed by atoms with E-state index in [0.29, 0.717) is 18.9 Å². The topological polar surface area (TPSA) is 87.2 Å². The van der Waals surface area contributed by atoms with Crippen molar-refractivity contribution in [3.8, 4) is 5.75 Å². The van der Waals surface area contributed by atoms with Crippen molar-refractivity contribution in [1.82, 2.24) is 9.97 Å². The lowest BCUT2D eigenvalue weighted by atomic mass is 10.2. The van der Waals surface area contributed by atoms with Crippen LogP contribution in [0.1, 0.15) is 16.8 Å². The molecule has 118 valence electrons. The fourth-order valence-electron chi connectivity index (χ4n) is 2.27. The van der Waals surface area contributed by atoms with Gasteiger partial charge in [-0.15, -0.1) is 0 Å². The van der Waals surface area contributed by atoms with E-state index >= 15 is 0 Å². The molecule has 3 rings (SSSR count). The summed E-state index contributed by atoms with van der Waals surface area (Å²) >= 11 is 0. The Morgan fingerprint density at radius 2 is 1.96 bits per heavy atom. The lowest BCUT2D eigenvalue weighted by molar-refractivity contribution is 0.0692. The maximum absolute atomic E-state index is 11.1. The van der Waals surface area contributed by atoms with E-state index in [0.717, 1.165) is 23.4 Å². The van der Waals surface area contributed by atoms with Crippen LogP contribution < -0.4 is 10.1 Å². The first-order valence-corrected chi connectivity index (χ1v) is 7.38. The van der Waals surface area contributed by atoms with Gasteiger partial charge in [0.05, 0.1) is 17.6 Å². The van der Waals surface area contributed by atoms with E-state index in [4.69, 9.17) is 9.84 Å². The van der Waals surface area contributed by atoms with Gasteiger partial charge in [-0.25, -0.2) is 9.78 Å². The summed E-state index contributed by atoms with van der Waals surface area (Å²) in [5.41, 5.74) is 2.08. The molecule has 0 aliphatic rings. The molecule has 0 saturated carbocycles. The van der Waals surface area contributed by atoms with Crippen LogP contribution in [0.2, 0.25) is 0 Å². The molecule has 0 amide bonds. The molecule has 0 spiro atoms. The van der Waals surface area contributed by atoms with E-state index in [2.05, 4.69) is 15.3 Å². The Hall–Kier alpha value is -3.02. The average Bonchev–Trinajstić information content (AvgIpc) is 2.97. The Morgan fingerprint density at radius 3 is 2.78 bits per heavy atom. The molecule has 0 aliphatic heterocycles. The van der Waals surface area contributed by atoms with Gasteiger partial charge in [0.2, 0.25) is 5.95 Å². The van der Waals surface area contributed by atoms with Gasteiger partial charge in [-0.2, -0.15) is 0 Å². The van der Waals surface area contributed by atoms with Crippen LogP contribution in [0.4, 0.5) is 5.95 Å². The first-order valence-electron chi connectivity index (χ1n) is 7.38. The molecule has 0 saturated heterocycles. The lowest BCUT2D eigenvalue weighted by Crippen LogP contribution is -2.09. The summed E-state index contributed by atoms with van der Waals surface area (Å²) in [6.07, 6.45) is 0.727. The molecular formula is C17H17N3O3. The SMILES string of the molecule is O=C(O)c1ccccc1OCCCNc1nc2ccccc2[nH]1. The molecule has 0 unspecified atom stereocenters. The van der Waals surface area contributed by atoms with Crippen LogP contribution >= 0.6 is 0 Å². The van der Waals surface area contributed by atoms with E-state index < -0.39 is 5.97 Å². The van der Waals surface area contributed by atoms with Crippen molar-refractivity contribution in [2.75, 3.05) is 18.5 Å². The van der Waals surface area contributed by atoms with Gasteiger partial charge in [0.1, 0.15) is 11.3 Å². The van der Waals surface area contributed by atoms with Crippen molar-refractivity contribution >= 4 is 23.0 Å². The number of ether oxygens (including phenoxy) is 1. The standard InChI is InChI=1S/C17H17N3O3/c21-16(22)12-6-1-4-9-15(12)23-11-5-10-18-17-19-13-7-2-3-8-14(13)20-17/h1-4,6-9H,5,10-11H2,(H,21,22)(H2,18,19,20). The number of imidazole rings is 1. The molecule has 6 nitrogen and oxygen atoms in total. The third-order valence-corrected chi connectivity index (χ3v) is 3.38. The summed E-state index contributed by atoms with van der Waals surface area (Å²) in [4.78, 5) is 18.7. The van der Waals surface area contributed by atoms with Gasteiger partial charge in [-0.05, 0) is 30.7 Å². The molecule has 3 aromatic rings. The number of aromatic nitrogens is 2. The molecule has 0 aliphatic carbocycles. The maximum Gasteiger partial charge on any atom is 0.339 e. The molecule has 23 heavy (non-hydrogen) atoms. The number of aromatic carboxylic acids is 1. The number of rotatable bonds is 7. The quantitative estimate of drug-likeness (QED) is 0.583. The monoisotopic (exact) mass is 311 g/mol. The number of anilines is 1. The van der Waals surface area contributed by atoms with E-state index in [1.165, 1.54) is 6.07 Å². The third kappa shape index (κ3) is 3.60. The van der Waals surface area contributed by atoms with Crippen molar-refractivity contribution in [3.05, 3.63) is 54.1 Å². The predicted molar refractivity (Wildman–Crippen MR) is 88.1 cm³/mol. The van der Waals surface area contributed by atoms with Crippen LogP contribution in [-0.2, 0) is 0 Å². The van der Waals surface area contributed by atoms with Gasteiger partial charge in [0.25, 0.3) is 0 Å². The molecule has 2 aromatic carbocycles. The first-order chi connectivity index (χ1) is 11.2. The zero-order valence-corrected chi connectivity index (χ0v) is 12.5. The van der Waals surface area contributed by atoms with Crippen molar-refractivity contribution in [2.24, 2.45) is 0 Å². The Balaban J connectivity index is 1.48. The summed E-state index contributed by atoms with van der Waals surface area (Å²) in [7, 11) is 0. The number of carbonyl (C=O) groups is 1. The van der Waals surface area contributed by atoms with Gasteiger partial charge in [-0.1, -0.05) is 24.3 Å². The fraction of sp³-hybridized carbons (Fsp3) is 0.176. The van der Waals surface area contributed by atoms with Crippen LogP contribution in [-0.4, -0.2) is 34.2 Å². The van der Waals surface area contributed by atoms with Crippen LogP contribution in [0.15, 0.2) is 48.5 Å². The largest absolute Gasteiger partial charge is 0.493 e. The molecule has 1 aromatic heterocycles. The van der Waals surface area contributed by atoms with Crippen LogP contribution in [0, 0.1) is 0 Å². The second-order valence-corrected chi connectivity index (χ2v) is 5.03. The highest BCUT2D eigenvalue weighted by atomic mass is 16.5. The van der Waals surface area contributed by atoms with Crippen LogP contribution in [0.25, 0.3) is 11.0 Å². The number of nitrogens with zero attached hydrogens (tertiary/aromatic N) is 1. The highest BCUT2D eigenvalue weighted by Crippen LogP contribution is 2.18. The first kappa shape index (κ1) is 14.9. The lowest BCUT2D eigenvalue weighted by Gasteiger charge is -2.09. The Bertz CT molecular complexity index is 780. The minimum Gasteiger partial charge on any atom is -0.493 e. The number of carboxylic acid groups (broad SMARTS) is 1. The Kier molecular flexibility index (Phi) is 4.42.